The van der Waals surface area contributed by atoms with Gasteiger partial charge in [-0.05, 0) is 26.7 Å². The molecule has 27 heavy (non-hydrogen) atoms. The summed E-state index contributed by atoms with van der Waals surface area (Å²) < 4.78 is 5.40. The lowest BCUT2D eigenvalue weighted by molar-refractivity contribution is -0.147. The number of hydrogen-bond donors (Lipinski definition) is 1. The highest BCUT2D eigenvalue weighted by Crippen LogP contribution is 2.28. The molecule has 1 aromatic heterocycles. The van der Waals surface area contributed by atoms with Crippen molar-refractivity contribution < 1.29 is 14.1 Å². The van der Waals surface area contributed by atoms with Gasteiger partial charge >= 0.3 is 11.8 Å². The number of carbonyl (C=O) groups excluding carboxylic acids is 2. The molecule has 1 aromatic carbocycles. The van der Waals surface area contributed by atoms with Crippen LogP contribution in [0.25, 0.3) is 11.3 Å². The number of carbonyl (C=O) groups is 2. The molecule has 7 heteroatoms. The van der Waals surface area contributed by atoms with Gasteiger partial charge in [0.25, 0.3) is 0 Å². The van der Waals surface area contributed by atoms with E-state index in [9.17, 15) is 14.9 Å². The summed E-state index contributed by atoms with van der Waals surface area (Å²) in [5.74, 6) is -0.659. The van der Waals surface area contributed by atoms with Gasteiger partial charge in [0.15, 0.2) is 5.76 Å². The highest BCUT2D eigenvalue weighted by atomic mass is 16.5. The molecular formula is C20H22N4O3. The Labute approximate surface area is 157 Å². The Morgan fingerprint density at radius 3 is 2.81 bits per heavy atom. The van der Waals surface area contributed by atoms with Gasteiger partial charge in [0.2, 0.25) is 0 Å². The standard InChI is InChI=1S/C20H22N4O3/c1-14-16(23-27-17(14)15-7-4-3-5-8-15)11-22-18(25)19(26)24-10-6-9-20(2,12-21)13-24/h3-5,7-8H,6,9-11,13H2,1-2H3,(H,22,25). The van der Waals surface area contributed by atoms with Crippen molar-refractivity contribution in [1.29, 1.82) is 5.26 Å². The van der Waals surface area contributed by atoms with Crippen molar-refractivity contribution in [2.24, 2.45) is 5.41 Å². The Morgan fingerprint density at radius 2 is 2.11 bits per heavy atom. The second-order valence-electron chi connectivity index (χ2n) is 7.13. The van der Waals surface area contributed by atoms with Crippen LogP contribution in [0.15, 0.2) is 34.9 Å². The predicted molar refractivity (Wildman–Crippen MR) is 98.1 cm³/mol. The fourth-order valence-corrected chi connectivity index (χ4v) is 3.28. The predicted octanol–water partition coefficient (Wildman–Crippen LogP) is 2.42. The van der Waals surface area contributed by atoms with Crippen molar-refractivity contribution in [2.75, 3.05) is 13.1 Å². The molecule has 2 amide bonds. The van der Waals surface area contributed by atoms with Crippen LogP contribution in [-0.4, -0.2) is 35.0 Å². The zero-order chi connectivity index (χ0) is 19.4. The normalized spacial score (nSPS) is 19.4. The number of nitriles is 1. The lowest BCUT2D eigenvalue weighted by Gasteiger charge is -2.35. The van der Waals surface area contributed by atoms with Crippen LogP contribution in [0.5, 0.6) is 0 Å². The Hall–Kier alpha value is -3.14. The first-order chi connectivity index (χ1) is 12.9. The van der Waals surface area contributed by atoms with E-state index in [1.54, 1.807) is 0 Å². The van der Waals surface area contributed by atoms with Gasteiger partial charge in [0.05, 0.1) is 18.0 Å². The molecule has 1 fully saturated rings. The first-order valence-corrected chi connectivity index (χ1v) is 8.92. The zero-order valence-electron chi connectivity index (χ0n) is 15.5. The first kappa shape index (κ1) is 18.6. The van der Waals surface area contributed by atoms with Crippen LogP contribution < -0.4 is 5.32 Å². The smallest absolute Gasteiger partial charge is 0.311 e. The van der Waals surface area contributed by atoms with E-state index >= 15 is 0 Å². The molecule has 140 valence electrons. The number of nitrogens with one attached hydrogen (secondary N) is 1. The monoisotopic (exact) mass is 366 g/mol. The molecule has 1 atom stereocenters. The van der Waals surface area contributed by atoms with Crippen molar-refractivity contribution in [3.63, 3.8) is 0 Å². The van der Waals surface area contributed by atoms with Crippen LogP contribution in [0.4, 0.5) is 0 Å². The lowest BCUT2D eigenvalue weighted by Crippen LogP contribution is -2.49. The maximum Gasteiger partial charge on any atom is 0.311 e. The Bertz CT molecular complexity index is 884. The number of rotatable bonds is 3. The highest BCUT2D eigenvalue weighted by Gasteiger charge is 2.35. The number of piperidine rings is 1. The number of nitrogens with zero attached hydrogens (tertiary/aromatic N) is 3. The molecule has 7 nitrogen and oxygen atoms in total. The van der Waals surface area contributed by atoms with Gasteiger partial charge in [-0.3, -0.25) is 9.59 Å². The second-order valence-corrected chi connectivity index (χ2v) is 7.13. The fraction of sp³-hybridized carbons (Fsp3) is 0.400. The number of amides is 2. The maximum absolute atomic E-state index is 12.4. The van der Waals surface area contributed by atoms with E-state index in [0.717, 1.165) is 17.5 Å². The third kappa shape index (κ3) is 4.00. The van der Waals surface area contributed by atoms with Crippen LogP contribution in [-0.2, 0) is 16.1 Å². The van der Waals surface area contributed by atoms with E-state index in [1.807, 2.05) is 44.2 Å². The zero-order valence-corrected chi connectivity index (χ0v) is 15.5. The van der Waals surface area contributed by atoms with Crippen LogP contribution in [0.1, 0.15) is 31.0 Å². The average molecular weight is 366 g/mol. The summed E-state index contributed by atoms with van der Waals surface area (Å²) in [6, 6.07) is 11.8. The first-order valence-electron chi connectivity index (χ1n) is 8.92. The number of hydrogen-bond acceptors (Lipinski definition) is 5. The number of aromatic nitrogens is 1. The Morgan fingerprint density at radius 1 is 1.37 bits per heavy atom. The van der Waals surface area contributed by atoms with E-state index in [2.05, 4.69) is 16.5 Å². The Kier molecular flexibility index (Phi) is 5.26. The molecule has 3 rings (SSSR count). The van der Waals surface area contributed by atoms with Crippen LogP contribution in [0.3, 0.4) is 0 Å². The minimum atomic E-state index is -0.694. The van der Waals surface area contributed by atoms with Gasteiger partial charge in [-0.25, -0.2) is 0 Å². The van der Waals surface area contributed by atoms with Crippen molar-refractivity contribution in [3.05, 3.63) is 41.6 Å². The van der Waals surface area contributed by atoms with Crippen LogP contribution in [0.2, 0.25) is 0 Å². The number of benzene rings is 1. The molecule has 2 heterocycles. The molecular weight excluding hydrogens is 344 g/mol. The summed E-state index contributed by atoms with van der Waals surface area (Å²) in [6.07, 6.45) is 1.45. The van der Waals surface area contributed by atoms with Crippen molar-refractivity contribution in [1.82, 2.24) is 15.4 Å². The van der Waals surface area contributed by atoms with E-state index in [0.29, 0.717) is 24.4 Å². The largest absolute Gasteiger partial charge is 0.356 e. The minimum absolute atomic E-state index is 0.107. The van der Waals surface area contributed by atoms with Crippen molar-refractivity contribution in [3.8, 4) is 17.4 Å². The summed E-state index contributed by atoms with van der Waals surface area (Å²) in [6.45, 7) is 4.55. The fourth-order valence-electron chi connectivity index (χ4n) is 3.28. The molecule has 1 aliphatic rings. The molecule has 0 radical (unpaired) electrons. The summed E-state index contributed by atoms with van der Waals surface area (Å²) >= 11 is 0. The van der Waals surface area contributed by atoms with E-state index in [4.69, 9.17) is 4.52 Å². The topological polar surface area (TPSA) is 99.2 Å². The molecule has 1 unspecified atom stereocenters. The van der Waals surface area contributed by atoms with Gasteiger partial charge in [-0.2, -0.15) is 5.26 Å². The van der Waals surface area contributed by atoms with Gasteiger partial charge in [0, 0.05) is 24.2 Å². The second kappa shape index (κ2) is 7.62. The highest BCUT2D eigenvalue weighted by molar-refractivity contribution is 6.35. The summed E-state index contributed by atoms with van der Waals surface area (Å²) in [4.78, 5) is 26.1. The summed E-state index contributed by atoms with van der Waals surface area (Å²) in [5.41, 5.74) is 1.71. The molecule has 0 spiro atoms. The lowest BCUT2D eigenvalue weighted by atomic mass is 9.83. The van der Waals surface area contributed by atoms with Gasteiger partial charge in [-0.1, -0.05) is 35.5 Å². The number of likely N-dealkylation sites (tertiary alicyclic amines) is 1. The van der Waals surface area contributed by atoms with Crippen LogP contribution >= 0.6 is 0 Å². The molecule has 1 aliphatic heterocycles. The quantitative estimate of drug-likeness (QED) is 0.841. The third-order valence-electron chi connectivity index (χ3n) is 4.92. The molecule has 2 aromatic rings. The molecule has 0 aliphatic carbocycles. The van der Waals surface area contributed by atoms with E-state index < -0.39 is 17.2 Å². The van der Waals surface area contributed by atoms with Gasteiger partial charge in [-0.15, -0.1) is 0 Å². The third-order valence-corrected chi connectivity index (χ3v) is 4.92. The summed E-state index contributed by atoms with van der Waals surface area (Å²) in [7, 11) is 0. The molecule has 0 bridgehead atoms. The van der Waals surface area contributed by atoms with E-state index in [1.165, 1.54) is 4.90 Å². The molecule has 0 saturated carbocycles. The van der Waals surface area contributed by atoms with Crippen LogP contribution in [0, 0.1) is 23.7 Å². The SMILES string of the molecule is Cc1c(CNC(=O)C(=O)N2CCCC(C)(C#N)C2)noc1-c1ccccc1. The van der Waals surface area contributed by atoms with Crippen molar-refractivity contribution >= 4 is 11.8 Å². The Balaban J connectivity index is 1.62. The van der Waals surface area contributed by atoms with Gasteiger partial charge < -0.3 is 14.7 Å². The van der Waals surface area contributed by atoms with Crippen molar-refractivity contribution in [2.45, 2.75) is 33.2 Å². The van der Waals surface area contributed by atoms with Gasteiger partial charge in [0.1, 0.15) is 5.69 Å². The summed E-state index contributed by atoms with van der Waals surface area (Å²) in [5, 5.41) is 15.9. The molecule has 1 saturated heterocycles. The maximum atomic E-state index is 12.4. The molecule has 1 N–H and O–H groups in total. The average Bonchev–Trinajstić information content (AvgIpc) is 3.06. The van der Waals surface area contributed by atoms with E-state index in [-0.39, 0.29) is 13.1 Å². The minimum Gasteiger partial charge on any atom is -0.356 e.